The van der Waals surface area contributed by atoms with Gasteiger partial charge in [0.25, 0.3) is 0 Å². The van der Waals surface area contributed by atoms with Gasteiger partial charge in [-0.2, -0.15) is 11.3 Å². The van der Waals surface area contributed by atoms with Gasteiger partial charge in [-0.25, -0.2) is 9.59 Å². The van der Waals surface area contributed by atoms with Crippen LogP contribution in [0.25, 0.3) is 0 Å². The summed E-state index contributed by atoms with van der Waals surface area (Å²) < 4.78 is 0. The number of allylic oxidation sites excluding steroid dienone is 2. The highest BCUT2D eigenvalue weighted by molar-refractivity contribution is 7.08. The van der Waals surface area contributed by atoms with Gasteiger partial charge in [0.15, 0.2) is 0 Å². The maximum absolute atomic E-state index is 11.6. The van der Waals surface area contributed by atoms with Crippen LogP contribution < -0.4 is 0 Å². The van der Waals surface area contributed by atoms with Crippen molar-refractivity contribution in [1.29, 1.82) is 0 Å². The zero-order valence-electron chi connectivity index (χ0n) is 11.4. The van der Waals surface area contributed by atoms with E-state index >= 15 is 0 Å². The van der Waals surface area contributed by atoms with Crippen molar-refractivity contribution >= 4 is 23.3 Å². The van der Waals surface area contributed by atoms with Crippen molar-refractivity contribution in [3.63, 3.8) is 0 Å². The Hall–Kier alpha value is -2.08. The van der Waals surface area contributed by atoms with E-state index in [0.717, 1.165) is 0 Å². The molecule has 2 rings (SSSR count). The Morgan fingerprint density at radius 1 is 1.15 bits per heavy atom. The molecule has 0 unspecified atom stereocenters. The Morgan fingerprint density at radius 3 is 2.00 bits per heavy atom. The van der Waals surface area contributed by atoms with E-state index in [4.69, 9.17) is 0 Å². The molecule has 0 aliphatic carbocycles. The highest BCUT2D eigenvalue weighted by Gasteiger charge is 2.38. The number of carbonyl (C=O) groups is 2. The summed E-state index contributed by atoms with van der Waals surface area (Å²) in [4.78, 5) is 24.8. The molecule has 0 saturated carbocycles. The standard InChI is InChI=1S/C14H15NO4S/c1-7-10(13(16)17)12(9-4-5-20-6-9)11(14(18)19)8(2)15(7)3/h4-6,12H,1-3H3,(H,16,17)(H,18,19). The van der Waals surface area contributed by atoms with Crippen molar-refractivity contribution < 1.29 is 19.8 Å². The Morgan fingerprint density at radius 2 is 1.65 bits per heavy atom. The van der Waals surface area contributed by atoms with Crippen LogP contribution in [0, 0.1) is 0 Å². The van der Waals surface area contributed by atoms with E-state index in [1.165, 1.54) is 11.3 Å². The van der Waals surface area contributed by atoms with E-state index in [1.54, 1.807) is 37.2 Å². The Bertz CT molecular complexity index is 590. The summed E-state index contributed by atoms with van der Waals surface area (Å²) >= 11 is 1.42. The molecule has 1 aromatic rings. The molecular weight excluding hydrogens is 278 g/mol. The predicted octanol–water partition coefficient (Wildman–Crippen LogP) is 2.49. The van der Waals surface area contributed by atoms with Gasteiger partial charge in [-0.05, 0) is 36.2 Å². The first-order valence-corrected chi connectivity index (χ1v) is 6.94. The molecule has 1 aliphatic heterocycles. The molecule has 106 valence electrons. The Labute approximate surface area is 120 Å². The summed E-state index contributed by atoms with van der Waals surface area (Å²) in [6, 6.07) is 1.77. The van der Waals surface area contributed by atoms with Gasteiger partial charge in [0.2, 0.25) is 0 Å². The number of aliphatic carboxylic acids is 2. The maximum Gasteiger partial charge on any atom is 0.334 e. The second-order valence-electron chi connectivity index (χ2n) is 4.66. The Balaban J connectivity index is 2.72. The number of rotatable bonds is 3. The van der Waals surface area contributed by atoms with Gasteiger partial charge in [0, 0.05) is 18.4 Å². The van der Waals surface area contributed by atoms with Crippen LogP contribution in [0.2, 0.25) is 0 Å². The number of hydrogen-bond acceptors (Lipinski definition) is 4. The summed E-state index contributed by atoms with van der Waals surface area (Å²) in [6.07, 6.45) is 0. The third-order valence-corrected chi connectivity index (χ3v) is 4.40. The fourth-order valence-electron chi connectivity index (χ4n) is 2.50. The number of nitrogens with zero attached hydrogens (tertiary/aromatic N) is 1. The fraction of sp³-hybridized carbons (Fsp3) is 0.286. The van der Waals surface area contributed by atoms with Gasteiger partial charge < -0.3 is 15.1 Å². The van der Waals surface area contributed by atoms with Crippen molar-refractivity contribution in [2.75, 3.05) is 7.05 Å². The monoisotopic (exact) mass is 293 g/mol. The van der Waals surface area contributed by atoms with Crippen molar-refractivity contribution in [2.45, 2.75) is 19.8 Å². The van der Waals surface area contributed by atoms with Crippen LogP contribution in [-0.2, 0) is 9.59 Å². The van der Waals surface area contributed by atoms with Crippen LogP contribution >= 0.6 is 11.3 Å². The highest BCUT2D eigenvalue weighted by atomic mass is 32.1. The number of thiophene rings is 1. The molecular formula is C14H15NO4S. The molecule has 2 N–H and O–H groups in total. The largest absolute Gasteiger partial charge is 0.478 e. The van der Waals surface area contributed by atoms with E-state index in [1.807, 2.05) is 5.38 Å². The highest BCUT2D eigenvalue weighted by Crippen LogP contribution is 2.41. The lowest BCUT2D eigenvalue weighted by Gasteiger charge is -2.34. The number of carboxylic acid groups (broad SMARTS) is 2. The first-order valence-electron chi connectivity index (χ1n) is 6.00. The van der Waals surface area contributed by atoms with Crippen molar-refractivity contribution in [1.82, 2.24) is 4.90 Å². The smallest absolute Gasteiger partial charge is 0.334 e. The second-order valence-corrected chi connectivity index (χ2v) is 5.44. The van der Waals surface area contributed by atoms with Gasteiger partial charge in [-0.1, -0.05) is 0 Å². The maximum atomic E-state index is 11.6. The quantitative estimate of drug-likeness (QED) is 0.895. The molecule has 6 heteroatoms. The topological polar surface area (TPSA) is 77.8 Å². The van der Waals surface area contributed by atoms with E-state index in [2.05, 4.69) is 0 Å². The average Bonchev–Trinajstić information content (AvgIpc) is 2.87. The van der Waals surface area contributed by atoms with Crippen LogP contribution in [0.15, 0.2) is 39.4 Å². The van der Waals surface area contributed by atoms with E-state index < -0.39 is 17.9 Å². The van der Waals surface area contributed by atoms with Gasteiger partial charge >= 0.3 is 11.9 Å². The average molecular weight is 293 g/mol. The van der Waals surface area contributed by atoms with Gasteiger partial charge in [-0.15, -0.1) is 0 Å². The predicted molar refractivity (Wildman–Crippen MR) is 75.5 cm³/mol. The molecule has 1 aliphatic rings. The normalized spacial score (nSPS) is 16.9. The lowest BCUT2D eigenvalue weighted by Crippen LogP contribution is -2.32. The van der Waals surface area contributed by atoms with Crippen LogP contribution in [-0.4, -0.2) is 34.1 Å². The molecule has 20 heavy (non-hydrogen) atoms. The molecule has 0 spiro atoms. The van der Waals surface area contributed by atoms with Crippen LogP contribution in [0.1, 0.15) is 25.3 Å². The van der Waals surface area contributed by atoms with Crippen molar-refractivity contribution in [3.8, 4) is 0 Å². The van der Waals surface area contributed by atoms with E-state index in [0.29, 0.717) is 17.0 Å². The molecule has 5 nitrogen and oxygen atoms in total. The molecule has 0 atom stereocenters. The lowest BCUT2D eigenvalue weighted by atomic mass is 9.81. The third kappa shape index (κ3) is 2.12. The summed E-state index contributed by atoms with van der Waals surface area (Å²) in [5, 5.41) is 22.6. The molecule has 2 heterocycles. The molecule has 0 radical (unpaired) electrons. The second kappa shape index (κ2) is 5.13. The third-order valence-electron chi connectivity index (χ3n) is 3.70. The minimum atomic E-state index is -1.09. The van der Waals surface area contributed by atoms with Gasteiger partial charge in [0.05, 0.1) is 17.1 Å². The molecule has 1 aromatic heterocycles. The van der Waals surface area contributed by atoms with Crippen LogP contribution in [0.4, 0.5) is 0 Å². The minimum absolute atomic E-state index is 0.119. The minimum Gasteiger partial charge on any atom is -0.478 e. The fourth-order valence-corrected chi connectivity index (χ4v) is 3.19. The van der Waals surface area contributed by atoms with Crippen molar-refractivity contribution in [3.05, 3.63) is 44.9 Å². The summed E-state index contributed by atoms with van der Waals surface area (Å²) in [7, 11) is 1.68. The van der Waals surface area contributed by atoms with Crippen molar-refractivity contribution in [2.24, 2.45) is 0 Å². The summed E-state index contributed by atoms with van der Waals surface area (Å²) in [5.74, 6) is -2.90. The van der Waals surface area contributed by atoms with Gasteiger partial charge in [0.1, 0.15) is 0 Å². The van der Waals surface area contributed by atoms with Crippen LogP contribution in [0.3, 0.4) is 0 Å². The molecule has 0 amide bonds. The Kier molecular flexibility index (Phi) is 3.67. The lowest BCUT2D eigenvalue weighted by molar-refractivity contribution is -0.133. The first kappa shape index (κ1) is 14.3. The molecule has 0 fully saturated rings. The zero-order valence-corrected chi connectivity index (χ0v) is 12.2. The zero-order chi connectivity index (χ0) is 15.0. The number of hydrogen-bond donors (Lipinski definition) is 2. The molecule has 0 aromatic carbocycles. The van der Waals surface area contributed by atoms with E-state index in [-0.39, 0.29) is 11.1 Å². The first-order chi connectivity index (χ1) is 9.36. The summed E-state index contributed by atoms with van der Waals surface area (Å²) in [6.45, 7) is 3.40. The van der Waals surface area contributed by atoms with E-state index in [9.17, 15) is 19.8 Å². The van der Waals surface area contributed by atoms with Crippen LogP contribution in [0.5, 0.6) is 0 Å². The van der Waals surface area contributed by atoms with Gasteiger partial charge in [-0.3, -0.25) is 0 Å². The summed E-state index contributed by atoms with van der Waals surface area (Å²) in [5.41, 5.74) is 2.08. The SMILES string of the molecule is CC1=C(C(=O)O)C(c2ccsc2)C(C(=O)O)=C(C)N1C. The molecule has 0 saturated heterocycles. The number of carboxylic acids is 2. The molecule has 0 bridgehead atoms.